The quantitative estimate of drug-likeness (QED) is 0.856. The first-order valence-corrected chi connectivity index (χ1v) is 10.9. The third kappa shape index (κ3) is 4.05. The van der Waals surface area contributed by atoms with Crippen molar-refractivity contribution in [2.45, 2.75) is 59.8 Å². The van der Waals surface area contributed by atoms with E-state index in [2.05, 4.69) is 55.9 Å². The summed E-state index contributed by atoms with van der Waals surface area (Å²) >= 11 is 0. The zero-order valence-electron chi connectivity index (χ0n) is 18.3. The number of rotatable bonds is 4. The lowest BCUT2D eigenvalue weighted by atomic mass is 9.58. The van der Waals surface area contributed by atoms with Crippen LogP contribution in [-0.4, -0.2) is 49.0 Å². The minimum atomic E-state index is -0.0155. The van der Waals surface area contributed by atoms with Crippen LogP contribution in [0.2, 0.25) is 0 Å². The highest BCUT2D eigenvalue weighted by atomic mass is 16.1. The van der Waals surface area contributed by atoms with Gasteiger partial charge in [0.25, 0.3) is 0 Å². The number of carbonyl (C=O) groups is 1. The summed E-state index contributed by atoms with van der Waals surface area (Å²) in [5.41, 5.74) is 4.15. The van der Waals surface area contributed by atoms with E-state index >= 15 is 0 Å². The Morgan fingerprint density at radius 2 is 2.04 bits per heavy atom. The maximum Gasteiger partial charge on any atom is 0.226 e. The number of fused-ring (bicyclic) bond motifs is 1. The molecule has 1 aliphatic carbocycles. The van der Waals surface area contributed by atoms with Gasteiger partial charge in [0.05, 0.1) is 11.4 Å². The average Bonchev–Trinajstić information content (AvgIpc) is 2.51. The summed E-state index contributed by atoms with van der Waals surface area (Å²) in [6.07, 6.45) is 5.44. The second kappa shape index (κ2) is 7.01. The molecule has 0 unspecified atom stereocenters. The Hall–Kier alpha value is -1.62. The minimum Gasteiger partial charge on any atom is -0.370 e. The number of pyridine rings is 1. The first-order valence-electron chi connectivity index (χ1n) is 10.9. The predicted molar refractivity (Wildman–Crippen MR) is 115 cm³/mol. The van der Waals surface area contributed by atoms with Gasteiger partial charge in [0.1, 0.15) is 5.82 Å². The van der Waals surface area contributed by atoms with Crippen molar-refractivity contribution >= 4 is 17.4 Å². The fraction of sp³-hybridized carbons (Fsp3) is 0.739. The summed E-state index contributed by atoms with van der Waals surface area (Å²) in [5.74, 6) is 1.63. The van der Waals surface area contributed by atoms with Gasteiger partial charge in [0, 0.05) is 32.6 Å². The van der Waals surface area contributed by atoms with Crippen LogP contribution in [0.25, 0.3) is 0 Å². The summed E-state index contributed by atoms with van der Waals surface area (Å²) in [5, 5.41) is 3.05. The first kappa shape index (κ1) is 19.7. The third-order valence-corrected chi connectivity index (χ3v) is 6.53. The van der Waals surface area contributed by atoms with Crippen molar-refractivity contribution in [2.75, 3.05) is 43.4 Å². The first-order chi connectivity index (χ1) is 13.1. The smallest absolute Gasteiger partial charge is 0.226 e. The second-order valence-corrected chi connectivity index (χ2v) is 10.9. The fourth-order valence-electron chi connectivity index (χ4n) is 5.59. The molecule has 2 fully saturated rings. The molecule has 5 heteroatoms. The van der Waals surface area contributed by atoms with E-state index in [1.165, 1.54) is 31.6 Å². The lowest BCUT2D eigenvalue weighted by molar-refractivity contribution is -0.117. The van der Waals surface area contributed by atoms with E-state index in [1.54, 1.807) is 0 Å². The Balaban J connectivity index is 1.42. The van der Waals surface area contributed by atoms with Crippen LogP contribution in [0, 0.1) is 23.7 Å². The third-order valence-electron chi connectivity index (χ3n) is 6.53. The van der Waals surface area contributed by atoms with Gasteiger partial charge in [-0.2, -0.15) is 0 Å². The van der Waals surface area contributed by atoms with Gasteiger partial charge >= 0.3 is 0 Å². The van der Waals surface area contributed by atoms with E-state index in [1.807, 2.05) is 0 Å². The van der Waals surface area contributed by atoms with E-state index in [0.29, 0.717) is 11.8 Å². The van der Waals surface area contributed by atoms with Gasteiger partial charge in [-0.15, -0.1) is 0 Å². The Morgan fingerprint density at radius 3 is 2.68 bits per heavy atom. The molecule has 0 radical (unpaired) electrons. The number of anilines is 2. The van der Waals surface area contributed by atoms with Crippen molar-refractivity contribution in [3.05, 3.63) is 17.3 Å². The zero-order chi connectivity index (χ0) is 20.1. The molecule has 0 aromatic carbocycles. The minimum absolute atomic E-state index is 0.0155. The highest BCUT2D eigenvalue weighted by molar-refractivity contribution is 5.91. The highest BCUT2D eigenvalue weighted by Gasteiger charge is 2.51. The van der Waals surface area contributed by atoms with Crippen LogP contribution in [0.1, 0.15) is 57.7 Å². The van der Waals surface area contributed by atoms with Crippen molar-refractivity contribution in [3.63, 3.8) is 0 Å². The average molecular weight is 385 g/mol. The van der Waals surface area contributed by atoms with Crippen LogP contribution in [0.3, 0.4) is 0 Å². The van der Waals surface area contributed by atoms with Crippen LogP contribution in [0.15, 0.2) is 6.07 Å². The predicted octanol–water partition coefficient (Wildman–Crippen LogP) is 3.86. The molecule has 1 aromatic rings. The molecule has 4 rings (SSSR count). The summed E-state index contributed by atoms with van der Waals surface area (Å²) < 4.78 is 0. The van der Waals surface area contributed by atoms with Gasteiger partial charge in [-0.3, -0.25) is 4.79 Å². The van der Waals surface area contributed by atoms with Crippen molar-refractivity contribution in [2.24, 2.45) is 16.7 Å². The van der Waals surface area contributed by atoms with E-state index < -0.39 is 0 Å². The summed E-state index contributed by atoms with van der Waals surface area (Å²) in [7, 11) is 2.23. The number of aromatic nitrogens is 1. The number of hydrogen-bond donors (Lipinski definition) is 1. The Labute approximate surface area is 169 Å². The maximum absolute atomic E-state index is 12.4. The lowest BCUT2D eigenvalue weighted by Crippen LogP contribution is -2.62. The normalized spacial score (nSPS) is 21.8. The number of amides is 1. The molecule has 1 aromatic heterocycles. The molecule has 1 spiro atoms. The molecule has 0 bridgehead atoms. The van der Waals surface area contributed by atoms with Gasteiger partial charge in [-0.25, -0.2) is 4.98 Å². The highest BCUT2D eigenvalue weighted by Crippen LogP contribution is 2.51. The van der Waals surface area contributed by atoms with Crippen LogP contribution in [-0.2, 0) is 11.2 Å². The summed E-state index contributed by atoms with van der Waals surface area (Å²) in [6.45, 7) is 13.2. The topological polar surface area (TPSA) is 48.5 Å². The molecule has 3 aliphatic rings. The van der Waals surface area contributed by atoms with Gasteiger partial charge in [-0.1, -0.05) is 20.8 Å². The Bertz CT molecular complexity index is 753. The van der Waals surface area contributed by atoms with Gasteiger partial charge in [-0.05, 0) is 68.0 Å². The Kier molecular flexibility index (Phi) is 4.93. The SMILES string of the molecule is Cc1cc2c(nc1NC(=O)CC(C)(C)C)CCCN2CC1CC2(C1)CN(C)C2. The number of aryl methyl sites for hydroxylation is 2. The second-order valence-electron chi connectivity index (χ2n) is 10.9. The van der Waals surface area contributed by atoms with Crippen LogP contribution in [0.4, 0.5) is 11.5 Å². The molecule has 2 aliphatic heterocycles. The largest absolute Gasteiger partial charge is 0.370 e. The van der Waals surface area contributed by atoms with Gasteiger partial charge in [0.15, 0.2) is 0 Å². The number of likely N-dealkylation sites (tertiary alicyclic amines) is 1. The molecule has 154 valence electrons. The lowest BCUT2D eigenvalue weighted by Gasteiger charge is -2.59. The molecular weight excluding hydrogens is 348 g/mol. The fourth-order valence-corrected chi connectivity index (χ4v) is 5.59. The van der Waals surface area contributed by atoms with Crippen LogP contribution < -0.4 is 10.2 Å². The monoisotopic (exact) mass is 384 g/mol. The Morgan fingerprint density at radius 1 is 1.32 bits per heavy atom. The van der Waals surface area contributed by atoms with E-state index in [-0.39, 0.29) is 11.3 Å². The van der Waals surface area contributed by atoms with Crippen molar-refractivity contribution in [1.82, 2.24) is 9.88 Å². The molecular formula is C23H36N4O. The van der Waals surface area contributed by atoms with Crippen molar-refractivity contribution in [3.8, 4) is 0 Å². The van der Waals surface area contributed by atoms with Crippen molar-refractivity contribution in [1.29, 1.82) is 0 Å². The number of hydrogen-bond acceptors (Lipinski definition) is 4. The van der Waals surface area contributed by atoms with Gasteiger partial charge in [0.2, 0.25) is 5.91 Å². The molecule has 1 N–H and O–H groups in total. The molecule has 1 saturated heterocycles. The van der Waals surface area contributed by atoms with E-state index in [0.717, 1.165) is 48.9 Å². The zero-order valence-corrected chi connectivity index (χ0v) is 18.3. The van der Waals surface area contributed by atoms with E-state index in [9.17, 15) is 4.79 Å². The molecule has 1 saturated carbocycles. The van der Waals surface area contributed by atoms with Crippen LogP contribution in [0.5, 0.6) is 0 Å². The summed E-state index contributed by atoms with van der Waals surface area (Å²) in [4.78, 5) is 22.2. The maximum atomic E-state index is 12.4. The molecule has 0 atom stereocenters. The van der Waals surface area contributed by atoms with Crippen molar-refractivity contribution < 1.29 is 4.79 Å². The molecule has 5 nitrogen and oxygen atoms in total. The molecule has 3 heterocycles. The summed E-state index contributed by atoms with van der Waals surface area (Å²) in [6, 6.07) is 2.25. The number of nitrogens with zero attached hydrogens (tertiary/aromatic N) is 3. The standard InChI is InChI=1S/C23H36N4O/c1-16-9-19-18(24-21(16)25-20(28)12-22(2,3)4)7-6-8-27(19)13-17-10-23(11-17)14-26(5)15-23/h9,17H,6-8,10-15H2,1-5H3,(H,24,25,28). The van der Waals surface area contributed by atoms with E-state index in [4.69, 9.17) is 4.98 Å². The number of carbonyl (C=O) groups excluding carboxylic acids is 1. The van der Waals surface area contributed by atoms with Gasteiger partial charge < -0.3 is 15.1 Å². The number of nitrogens with one attached hydrogen (secondary N) is 1. The molecule has 1 amide bonds. The molecule has 28 heavy (non-hydrogen) atoms. The van der Waals surface area contributed by atoms with Crippen LogP contribution >= 0.6 is 0 Å².